The third-order valence-electron chi connectivity index (χ3n) is 4.23. The summed E-state index contributed by atoms with van der Waals surface area (Å²) in [6.07, 6.45) is 0.933. The van der Waals surface area contributed by atoms with Crippen molar-refractivity contribution in [2.24, 2.45) is 0 Å². The van der Waals surface area contributed by atoms with Gasteiger partial charge in [-0.05, 0) is 23.8 Å². The minimum absolute atomic E-state index is 0.184. The zero-order valence-electron chi connectivity index (χ0n) is 15.0. The fourth-order valence-corrected chi connectivity index (χ4v) is 2.77. The first-order chi connectivity index (χ1) is 13.5. The lowest BCUT2D eigenvalue weighted by Crippen LogP contribution is -2.47. The molecule has 1 amide bonds. The highest BCUT2D eigenvalue weighted by Gasteiger charge is 2.30. The van der Waals surface area contributed by atoms with Crippen LogP contribution in [0.25, 0.3) is 5.76 Å². The van der Waals surface area contributed by atoms with Gasteiger partial charge in [-0.2, -0.15) is 0 Å². The molecule has 0 radical (unpaired) electrons. The smallest absolute Gasteiger partial charge is 0.328 e. The van der Waals surface area contributed by atoms with Crippen LogP contribution in [0.15, 0.2) is 60.7 Å². The first-order valence-corrected chi connectivity index (χ1v) is 8.81. The molecule has 2 aromatic carbocycles. The number of nitrogens with one attached hydrogen (secondary N) is 1. The van der Waals surface area contributed by atoms with E-state index < -0.39 is 29.8 Å². The molecule has 6 nitrogen and oxygen atoms in total. The molecule has 0 aliphatic carbocycles. The highest BCUT2D eigenvalue weighted by Crippen LogP contribution is 2.28. The second kappa shape index (κ2) is 9.14. The molecule has 1 heterocycles. The van der Waals surface area contributed by atoms with E-state index in [1.807, 2.05) is 30.3 Å². The molecule has 28 heavy (non-hydrogen) atoms. The largest absolute Gasteiger partial charge is 0.480 e. The van der Waals surface area contributed by atoms with Crippen molar-refractivity contribution in [1.82, 2.24) is 5.32 Å². The molecule has 0 aromatic heterocycles. The number of rotatable bonds is 8. The number of ether oxygens (including phenoxy) is 2. The number of halogens is 1. The van der Waals surface area contributed by atoms with E-state index in [1.165, 1.54) is 6.07 Å². The van der Waals surface area contributed by atoms with Crippen LogP contribution in [0.5, 0.6) is 0 Å². The van der Waals surface area contributed by atoms with E-state index in [-0.39, 0.29) is 31.0 Å². The Morgan fingerprint density at radius 1 is 1.18 bits per heavy atom. The number of hydrogen-bond acceptors (Lipinski definition) is 4. The first kappa shape index (κ1) is 19.6. The van der Waals surface area contributed by atoms with Crippen molar-refractivity contribution >= 4 is 17.6 Å². The fraction of sp³-hybridized carbons (Fsp3) is 0.238. The molecular weight excluding hydrogens is 365 g/mol. The summed E-state index contributed by atoms with van der Waals surface area (Å²) in [5.41, 5.74) is 1.16. The lowest BCUT2D eigenvalue weighted by Gasteiger charge is -2.18. The van der Waals surface area contributed by atoms with Gasteiger partial charge in [0, 0.05) is 6.42 Å². The average Bonchev–Trinajstić information content (AvgIpc) is 3.18. The van der Waals surface area contributed by atoms with Gasteiger partial charge >= 0.3 is 5.97 Å². The van der Waals surface area contributed by atoms with Crippen LogP contribution in [0, 0.1) is 5.82 Å². The first-order valence-electron chi connectivity index (χ1n) is 8.81. The second-order valence-electron chi connectivity index (χ2n) is 6.29. The van der Waals surface area contributed by atoms with Gasteiger partial charge in [0.15, 0.2) is 12.1 Å². The topological polar surface area (TPSA) is 84.9 Å². The number of amides is 1. The maximum absolute atomic E-state index is 13.8. The maximum Gasteiger partial charge on any atom is 0.328 e. The highest BCUT2D eigenvalue weighted by molar-refractivity contribution is 5.88. The third-order valence-corrected chi connectivity index (χ3v) is 4.23. The van der Waals surface area contributed by atoms with E-state index in [1.54, 1.807) is 24.3 Å². The van der Waals surface area contributed by atoms with E-state index in [4.69, 9.17) is 9.47 Å². The Bertz CT molecular complexity index is 868. The molecule has 0 saturated heterocycles. The van der Waals surface area contributed by atoms with E-state index in [2.05, 4.69) is 5.32 Å². The van der Waals surface area contributed by atoms with E-state index in [0.717, 1.165) is 5.56 Å². The summed E-state index contributed by atoms with van der Waals surface area (Å²) >= 11 is 0. The average molecular weight is 385 g/mol. The molecule has 3 rings (SSSR count). The lowest BCUT2D eigenvalue weighted by molar-refractivity contribution is -0.145. The van der Waals surface area contributed by atoms with Crippen molar-refractivity contribution in [2.75, 3.05) is 6.61 Å². The molecule has 0 saturated carbocycles. The zero-order chi connectivity index (χ0) is 19.9. The number of hydrogen-bond donors (Lipinski definition) is 2. The quantitative estimate of drug-likeness (QED) is 0.730. The van der Waals surface area contributed by atoms with Gasteiger partial charge in [-0.15, -0.1) is 0 Å². The van der Waals surface area contributed by atoms with Crippen molar-refractivity contribution in [3.8, 4) is 0 Å². The van der Waals surface area contributed by atoms with Gasteiger partial charge in [-0.3, -0.25) is 4.79 Å². The molecule has 0 spiro atoms. The normalized spacial score (nSPS) is 16.8. The second-order valence-corrected chi connectivity index (χ2v) is 6.29. The predicted molar refractivity (Wildman–Crippen MR) is 99.5 cm³/mol. The molecule has 0 bridgehead atoms. The van der Waals surface area contributed by atoms with Crippen molar-refractivity contribution in [1.29, 1.82) is 0 Å². The van der Waals surface area contributed by atoms with E-state index >= 15 is 0 Å². The summed E-state index contributed by atoms with van der Waals surface area (Å²) in [6, 6.07) is 14.2. The number of carbonyl (C=O) groups excluding carboxylic acids is 1. The zero-order valence-corrected chi connectivity index (χ0v) is 15.0. The summed E-state index contributed by atoms with van der Waals surface area (Å²) in [4.78, 5) is 23.8. The molecule has 146 valence electrons. The van der Waals surface area contributed by atoms with Gasteiger partial charge in [0.25, 0.3) is 5.91 Å². The van der Waals surface area contributed by atoms with Crippen LogP contribution in [-0.2, 0) is 25.7 Å². The number of aliphatic carboxylic acids is 1. The van der Waals surface area contributed by atoms with Gasteiger partial charge in [-0.1, -0.05) is 42.5 Å². The van der Waals surface area contributed by atoms with Crippen molar-refractivity contribution in [2.45, 2.75) is 25.2 Å². The SMILES string of the molecule is O=C(O)C(COCc1ccccc1)NC(=O)C1CC=C(c2ccccc2F)O1. The van der Waals surface area contributed by atoms with Crippen LogP contribution < -0.4 is 5.32 Å². The molecule has 2 aromatic rings. The van der Waals surface area contributed by atoms with Crippen LogP contribution in [-0.4, -0.2) is 35.7 Å². The molecule has 2 N–H and O–H groups in total. The van der Waals surface area contributed by atoms with Crippen LogP contribution in [0.4, 0.5) is 4.39 Å². The van der Waals surface area contributed by atoms with Gasteiger partial charge in [0.1, 0.15) is 11.6 Å². The van der Waals surface area contributed by atoms with Crippen LogP contribution >= 0.6 is 0 Å². The van der Waals surface area contributed by atoms with Crippen LogP contribution in [0.3, 0.4) is 0 Å². The number of carbonyl (C=O) groups is 2. The maximum atomic E-state index is 13.8. The van der Waals surface area contributed by atoms with Crippen LogP contribution in [0.1, 0.15) is 17.5 Å². The monoisotopic (exact) mass is 385 g/mol. The molecular formula is C21H20FNO5. The Hall–Kier alpha value is -3.19. The summed E-state index contributed by atoms with van der Waals surface area (Å²) in [6.45, 7) is 0.0513. The minimum atomic E-state index is -1.21. The minimum Gasteiger partial charge on any atom is -0.480 e. The predicted octanol–water partition coefficient (Wildman–Crippen LogP) is 2.74. The Morgan fingerprint density at radius 2 is 1.89 bits per heavy atom. The van der Waals surface area contributed by atoms with Crippen molar-refractivity contribution < 1.29 is 28.6 Å². The summed E-state index contributed by atoms with van der Waals surface area (Å²) < 4.78 is 24.8. The fourth-order valence-electron chi connectivity index (χ4n) is 2.77. The molecule has 1 aliphatic heterocycles. The molecule has 1 aliphatic rings. The Labute approximate surface area is 161 Å². The highest BCUT2D eigenvalue weighted by atomic mass is 19.1. The van der Waals surface area contributed by atoms with Crippen molar-refractivity contribution in [3.63, 3.8) is 0 Å². The van der Waals surface area contributed by atoms with Gasteiger partial charge in [-0.25, -0.2) is 9.18 Å². The molecule has 2 unspecified atom stereocenters. The Morgan fingerprint density at radius 3 is 2.61 bits per heavy atom. The number of benzene rings is 2. The summed E-state index contributed by atoms with van der Waals surface area (Å²) in [5.74, 6) is -1.97. The lowest BCUT2D eigenvalue weighted by atomic mass is 10.1. The number of carboxylic acids is 1. The van der Waals surface area contributed by atoms with E-state index in [0.29, 0.717) is 0 Å². The van der Waals surface area contributed by atoms with Gasteiger partial charge < -0.3 is 19.9 Å². The summed E-state index contributed by atoms with van der Waals surface area (Å²) in [5, 5.41) is 11.7. The Kier molecular flexibility index (Phi) is 6.39. The van der Waals surface area contributed by atoms with Crippen LogP contribution in [0.2, 0.25) is 0 Å². The van der Waals surface area contributed by atoms with Crippen molar-refractivity contribution in [3.05, 3.63) is 77.6 Å². The standard InChI is InChI=1S/C21H20FNO5/c22-16-9-5-4-8-15(16)18-10-11-19(28-18)20(24)23-17(21(25)26)13-27-12-14-6-2-1-3-7-14/h1-10,17,19H,11-13H2,(H,23,24)(H,25,26). The Balaban J connectivity index is 1.52. The molecule has 0 fully saturated rings. The van der Waals surface area contributed by atoms with E-state index in [9.17, 15) is 19.1 Å². The molecule has 7 heteroatoms. The van der Waals surface area contributed by atoms with Gasteiger partial charge in [0.2, 0.25) is 0 Å². The summed E-state index contributed by atoms with van der Waals surface area (Å²) in [7, 11) is 0. The third kappa shape index (κ3) is 4.95. The molecule has 2 atom stereocenters. The van der Waals surface area contributed by atoms with Gasteiger partial charge in [0.05, 0.1) is 18.8 Å². The number of carboxylic acid groups (broad SMARTS) is 1.